The van der Waals surface area contributed by atoms with Crippen molar-refractivity contribution < 1.29 is 19.6 Å². The van der Waals surface area contributed by atoms with Gasteiger partial charge in [0.2, 0.25) is 0 Å². The summed E-state index contributed by atoms with van der Waals surface area (Å²) in [5, 5.41) is 19.6. The molecule has 0 aliphatic carbocycles. The molecule has 0 unspecified atom stereocenters. The van der Waals surface area contributed by atoms with Crippen molar-refractivity contribution in [2.24, 2.45) is 0 Å². The van der Waals surface area contributed by atoms with Gasteiger partial charge in [-0.1, -0.05) is 31.4 Å². The molecule has 0 fully saturated rings. The first kappa shape index (κ1) is 15.2. The molecule has 0 saturated carbocycles. The molecule has 6 nitrogen and oxygen atoms in total. The first-order valence-corrected chi connectivity index (χ1v) is 6.19. The predicted molar refractivity (Wildman–Crippen MR) is 70.1 cm³/mol. The zero-order chi connectivity index (χ0) is 14.4. The topological polar surface area (TPSA) is 89.7 Å². The van der Waals surface area contributed by atoms with Crippen LogP contribution >= 0.6 is 11.6 Å². The first-order valence-electron chi connectivity index (χ1n) is 5.81. The van der Waals surface area contributed by atoms with Crippen LogP contribution in [0.4, 0.5) is 5.69 Å². The van der Waals surface area contributed by atoms with Crippen LogP contribution in [0.5, 0.6) is 5.75 Å². The van der Waals surface area contributed by atoms with Gasteiger partial charge in [0.15, 0.2) is 5.75 Å². The monoisotopic (exact) mass is 287 g/mol. The minimum atomic E-state index is -1.31. The molecule has 0 aromatic heterocycles. The number of nitro groups is 1. The molecular formula is C12H14ClNO5. The molecule has 0 spiro atoms. The highest BCUT2D eigenvalue weighted by Crippen LogP contribution is 2.33. The standard InChI is InChI=1S/C12H14ClNO5/c1-2-3-4-5-19-11-9(12(15)16)6-8(14(17)18)7-10(11)13/h6-7H,2-5H2,1H3,(H,15,16). The number of benzene rings is 1. The van der Waals surface area contributed by atoms with Crippen molar-refractivity contribution in [3.8, 4) is 5.75 Å². The number of hydrogen-bond donors (Lipinski definition) is 1. The van der Waals surface area contributed by atoms with E-state index in [1.54, 1.807) is 0 Å². The lowest BCUT2D eigenvalue weighted by molar-refractivity contribution is -0.384. The summed E-state index contributed by atoms with van der Waals surface area (Å²) in [5.41, 5.74) is -0.668. The first-order chi connectivity index (χ1) is 8.97. The molecule has 1 N–H and O–H groups in total. The van der Waals surface area contributed by atoms with Gasteiger partial charge in [-0.15, -0.1) is 0 Å². The lowest BCUT2D eigenvalue weighted by Gasteiger charge is -2.10. The maximum Gasteiger partial charge on any atom is 0.339 e. The molecule has 1 aromatic carbocycles. The van der Waals surface area contributed by atoms with Crippen molar-refractivity contribution in [2.45, 2.75) is 26.2 Å². The van der Waals surface area contributed by atoms with E-state index in [9.17, 15) is 14.9 Å². The Morgan fingerprint density at radius 3 is 2.68 bits per heavy atom. The van der Waals surface area contributed by atoms with Crippen molar-refractivity contribution in [2.75, 3.05) is 6.61 Å². The quantitative estimate of drug-likeness (QED) is 0.471. The number of carbonyl (C=O) groups is 1. The molecule has 0 heterocycles. The molecule has 104 valence electrons. The highest BCUT2D eigenvalue weighted by molar-refractivity contribution is 6.32. The Morgan fingerprint density at radius 1 is 1.47 bits per heavy atom. The van der Waals surface area contributed by atoms with Gasteiger partial charge < -0.3 is 9.84 Å². The van der Waals surface area contributed by atoms with Gasteiger partial charge in [-0.3, -0.25) is 10.1 Å². The summed E-state index contributed by atoms with van der Waals surface area (Å²) in [5.74, 6) is -1.33. The van der Waals surface area contributed by atoms with E-state index in [4.69, 9.17) is 21.4 Å². The van der Waals surface area contributed by atoms with E-state index in [0.29, 0.717) is 6.61 Å². The Bertz CT molecular complexity index is 489. The summed E-state index contributed by atoms with van der Waals surface area (Å²) in [6.45, 7) is 2.35. The minimum Gasteiger partial charge on any atom is -0.491 e. The summed E-state index contributed by atoms with van der Waals surface area (Å²) in [6, 6.07) is 2.03. The van der Waals surface area contributed by atoms with Gasteiger partial charge in [0.05, 0.1) is 16.6 Å². The number of carboxylic acid groups (broad SMARTS) is 1. The molecule has 1 aromatic rings. The number of ether oxygens (including phenoxy) is 1. The second kappa shape index (κ2) is 6.94. The SMILES string of the molecule is CCCCCOc1c(Cl)cc([N+](=O)[O-])cc1C(=O)O. The van der Waals surface area contributed by atoms with Crippen LogP contribution in [0.1, 0.15) is 36.5 Å². The van der Waals surface area contributed by atoms with Crippen molar-refractivity contribution in [3.63, 3.8) is 0 Å². The highest BCUT2D eigenvalue weighted by atomic mass is 35.5. The maximum atomic E-state index is 11.1. The van der Waals surface area contributed by atoms with Gasteiger partial charge in [0.25, 0.3) is 5.69 Å². The fraction of sp³-hybridized carbons (Fsp3) is 0.417. The number of nitrogens with zero attached hydrogens (tertiary/aromatic N) is 1. The Balaban J connectivity index is 3.01. The van der Waals surface area contributed by atoms with Gasteiger partial charge in [-0.2, -0.15) is 0 Å². The van der Waals surface area contributed by atoms with E-state index in [-0.39, 0.29) is 22.0 Å². The van der Waals surface area contributed by atoms with Crippen LogP contribution in [0.2, 0.25) is 5.02 Å². The summed E-state index contributed by atoms with van der Waals surface area (Å²) in [6.07, 6.45) is 2.72. The van der Waals surface area contributed by atoms with Crippen molar-refractivity contribution in [1.29, 1.82) is 0 Å². The summed E-state index contributed by atoms with van der Waals surface area (Å²) in [4.78, 5) is 21.0. The highest BCUT2D eigenvalue weighted by Gasteiger charge is 2.21. The van der Waals surface area contributed by atoms with Crippen LogP contribution in [-0.4, -0.2) is 22.6 Å². The van der Waals surface area contributed by atoms with Gasteiger partial charge >= 0.3 is 5.97 Å². The smallest absolute Gasteiger partial charge is 0.339 e. The largest absolute Gasteiger partial charge is 0.491 e. The van der Waals surface area contributed by atoms with E-state index in [0.717, 1.165) is 31.4 Å². The average molecular weight is 288 g/mol. The lowest BCUT2D eigenvalue weighted by atomic mass is 10.1. The van der Waals surface area contributed by atoms with Gasteiger partial charge in [-0.05, 0) is 6.42 Å². The Morgan fingerprint density at radius 2 is 2.16 bits per heavy atom. The normalized spacial score (nSPS) is 10.2. The molecule has 7 heteroatoms. The van der Waals surface area contributed by atoms with Crippen LogP contribution in [0.15, 0.2) is 12.1 Å². The number of rotatable bonds is 7. The minimum absolute atomic E-state index is 0.0177. The number of aromatic carboxylic acids is 1. The third-order valence-corrected chi connectivity index (χ3v) is 2.74. The predicted octanol–water partition coefficient (Wildman–Crippen LogP) is 3.52. The maximum absolute atomic E-state index is 11.1. The number of nitro benzene ring substituents is 1. The van der Waals surface area contributed by atoms with Crippen LogP contribution in [-0.2, 0) is 0 Å². The molecule has 1 rings (SSSR count). The second-order valence-corrected chi connectivity index (χ2v) is 4.33. The molecular weight excluding hydrogens is 274 g/mol. The second-order valence-electron chi connectivity index (χ2n) is 3.92. The van der Waals surface area contributed by atoms with E-state index in [2.05, 4.69) is 0 Å². The van der Waals surface area contributed by atoms with Crippen LogP contribution < -0.4 is 4.74 Å². The van der Waals surface area contributed by atoms with E-state index >= 15 is 0 Å². The van der Waals surface area contributed by atoms with Crippen LogP contribution in [0.3, 0.4) is 0 Å². The van der Waals surface area contributed by atoms with E-state index < -0.39 is 10.9 Å². The fourth-order valence-corrected chi connectivity index (χ4v) is 1.78. The fourth-order valence-electron chi connectivity index (χ4n) is 1.52. The number of hydrogen-bond acceptors (Lipinski definition) is 4. The Hall–Kier alpha value is -1.82. The van der Waals surface area contributed by atoms with E-state index in [1.807, 2.05) is 6.92 Å². The molecule has 19 heavy (non-hydrogen) atoms. The van der Waals surface area contributed by atoms with Crippen LogP contribution in [0, 0.1) is 10.1 Å². The third-order valence-electron chi connectivity index (χ3n) is 2.46. The number of carboxylic acids is 1. The molecule has 0 saturated heterocycles. The summed E-state index contributed by atoms with van der Waals surface area (Å²) < 4.78 is 5.33. The average Bonchev–Trinajstić information content (AvgIpc) is 2.35. The van der Waals surface area contributed by atoms with Gasteiger partial charge in [0.1, 0.15) is 5.56 Å². The molecule has 0 atom stereocenters. The Labute approximate surface area is 115 Å². The summed E-state index contributed by atoms with van der Waals surface area (Å²) in [7, 11) is 0. The third kappa shape index (κ3) is 4.10. The van der Waals surface area contributed by atoms with Gasteiger partial charge in [0, 0.05) is 12.1 Å². The van der Waals surface area contributed by atoms with E-state index in [1.165, 1.54) is 0 Å². The van der Waals surface area contributed by atoms with Crippen molar-refractivity contribution in [3.05, 3.63) is 32.8 Å². The van der Waals surface area contributed by atoms with Crippen molar-refractivity contribution >= 4 is 23.3 Å². The molecule has 0 radical (unpaired) electrons. The zero-order valence-corrected chi connectivity index (χ0v) is 11.1. The molecule has 0 amide bonds. The number of unbranched alkanes of at least 4 members (excludes halogenated alkanes) is 2. The zero-order valence-electron chi connectivity index (χ0n) is 10.4. The summed E-state index contributed by atoms with van der Waals surface area (Å²) >= 11 is 5.84. The van der Waals surface area contributed by atoms with Crippen LogP contribution in [0.25, 0.3) is 0 Å². The molecule has 0 aliphatic rings. The lowest BCUT2D eigenvalue weighted by Crippen LogP contribution is -2.06. The molecule has 0 aliphatic heterocycles. The molecule has 0 bridgehead atoms. The number of halogens is 1. The van der Waals surface area contributed by atoms with Gasteiger partial charge in [-0.25, -0.2) is 4.79 Å². The Kier molecular flexibility index (Phi) is 5.57. The number of non-ortho nitro benzene ring substituents is 1. The van der Waals surface area contributed by atoms with Crippen molar-refractivity contribution in [1.82, 2.24) is 0 Å².